The van der Waals surface area contributed by atoms with Crippen LogP contribution >= 0.6 is 0 Å². The molecular formula is C9H16N2O2S. The quantitative estimate of drug-likeness (QED) is 0.502. The first-order chi connectivity index (χ1) is 6.74. The monoisotopic (exact) mass is 216 g/mol. The van der Waals surface area contributed by atoms with E-state index in [-0.39, 0.29) is 5.91 Å². The highest BCUT2D eigenvalue weighted by Gasteiger charge is 2.18. The highest BCUT2D eigenvalue weighted by atomic mass is 32.2. The van der Waals surface area contributed by atoms with E-state index in [0.29, 0.717) is 37.7 Å². The SMILES string of the molecule is C=CCNCC(=O)N1CCS(=O)CC1. The Morgan fingerprint density at radius 3 is 2.71 bits per heavy atom. The molecule has 0 spiro atoms. The number of carbonyl (C=O) groups is 1. The molecule has 0 aromatic rings. The third-order valence-corrected chi connectivity index (χ3v) is 3.37. The highest BCUT2D eigenvalue weighted by molar-refractivity contribution is 7.85. The van der Waals surface area contributed by atoms with Gasteiger partial charge in [0.25, 0.3) is 0 Å². The number of hydrogen-bond donors (Lipinski definition) is 1. The maximum atomic E-state index is 11.5. The third kappa shape index (κ3) is 3.59. The summed E-state index contributed by atoms with van der Waals surface area (Å²) in [5.41, 5.74) is 0. The van der Waals surface area contributed by atoms with Crippen molar-refractivity contribution in [2.24, 2.45) is 0 Å². The molecule has 14 heavy (non-hydrogen) atoms. The fourth-order valence-electron chi connectivity index (χ4n) is 1.28. The third-order valence-electron chi connectivity index (χ3n) is 2.10. The van der Waals surface area contributed by atoms with Crippen LogP contribution < -0.4 is 5.32 Å². The van der Waals surface area contributed by atoms with Gasteiger partial charge in [0.2, 0.25) is 5.91 Å². The number of hydrogen-bond acceptors (Lipinski definition) is 3. The Morgan fingerprint density at radius 2 is 2.14 bits per heavy atom. The fraction of sp³-hybridized carbons (Fsp3) is 0.667. The zero-order valence-electron chi connectivity index (χ0n) is 8.20. The Bertz CT molecular complexity index is 233. The standard InChI is InChI=1S/C9H16N2O2S/c1-2-3-10-8-9(12)11-4-6-14(13)7-5-11/h2,10H,1,3-8H2. The van der Waals surface area contributed by atoms with Gasteiger partial charge in [-0.3, -0.25) is 9.00 Å². The molecule has 0 bridgehead atoms. The molecule has 4 nitrogen and oxygen atoms in total. The van der Waals surface area contributed by atoms with E-state index in [0.717, 1.165) is 0 Å². The summed E-state index contributed by atoms with van der Waals surface area (Å²) in [6.07, 6.45) is 1.72. The molecule has 0 radical (unpaired) electrons. The largest absolute Gasteiger partial charge is 0.340 e. The molecule has 5 heteroatoms. The molecule has 0 aliphatic carbocycles. The van der Waals surface area contributed by atoms with Gasteiger partial charge < -0.3 is 10.2 Å². The molecule has 1 N–H and O–H groups in total. The lowest BCUT2D eigenvalue weighted by Gasteiger charge is -2.26. The summed E-state index contributed by atoms with van der Waals surface area (Å²) in [6.45, 7) is 5.80. The summed E-state index contributed by atoms with van der Waals surface area (Å²) in [6, 6.07) is 0. The maximum absolute atomic E-state index is 11.5. The van der Waals surface area contributed by atoms with Gasteiger partial charge >= 0.3 is 0 Å². The van der Waals surface area contributed by atoms with Crippen LogP contribution in [0, 0.1) is 0 Å². The van der Waals surface area contributed by atoms with E-state index in [1.165, 1.54) is 0 Å². The van der Waals surface area contributed by atoms with Crippen molar-refractivity contribution in [2.75, 3.05) is 37.7 Å². The van der Waals surface area contributed by atoms with E-state index >= 15 is 0 Å². The van der Waals surface area contributed by atoms with Gasteiger partial charge in [-0.05, 0) is 0 Å². The molecular weight excluding hydrogens is 200 g/mol. The molecule has 1 heterocycles. The van der Waals surface area contributed by atoms with Gasteiger partial charge in [-0.1, -0.05) is 6.08 Å². The van der Waals surface area contributed by atoms with Crippen molar-refractivity contribution < 1.29 is 9.00 Å². The summed E-state index contributed by atoms with van der Waals surface area (Å²) in [4.78, 5) is 13.3. The molecule has 1 aliphatic heterocycles. The van der Waals surface area contributed by atoms with Gasteiger partial charge in [0, 0.05) is 41.9 Å². The lowest BCUT2D eigenvalue weighted by Crippen LogP contribution is -2.45. The predicted molar refractivity (Wildman–Crippen MR) is 57.5 cm³/mol. The average molecular weight is 216 g/mol. The van der Waals surface area contributed by atoms with Gasteiger partial charge in [0.15, 0.2) is 0 Å². The number of rotatable bonds is 4. The topological polar surface area (TPSA) is 49.4 Å². The van der Waals surface area contributed by atoms with Crippen LogP contribution in [0.5, 0.6) is 0 Å². The van der Waals surface area contributed by atoms with E-state index in [1.807, 2.05) is 0 Å². The minimum absolute atomic E-state index is 0.0866. The Morgan fingerprint density at radius 1 is 1.50 bits per heavy atom. The number of nitrogens with one attached hydrogen (secondary N) is 1. The highest BCUT2D eigenvalue weighted by Crippen LogP contribution is 1.99. The normalized spacial score (nSPS) is 18.1. The Kier molecular flexibility index (Phi) is 4.82. The molecule has 1 amide bonds. The second-order valence-corrected chi connectivity index (χ2v) is 4.84. The average Bonchev–Trinajstić information content (AvgIpc) is 2.19. The fourth-order valence-corrected chi connectivity index (χ4v) is 2.33. The Balaban J connectivity index is 2.23. The molecule has 1 aliphatic rings. The molecule has 0 atom stereocenters. The summed E-state index contributed by atoms with van der Waals surface area (Å²) in [5, 5.41) is 2.96. The van der Waals surface area contributed by atoms with Crippen LogP contribution in [0.3, 0.4) is 0 Å². The van der Waals surface area contributed by atoms with Gasteiger partial charge in [0.1, 0.15) is 0 Å². The first kappa shape index (κ1) is 11.4. The van der Waals surface area contributed by atoms with Crippen LogP contribution in [0.1, 0.15) is 0 Å². The van der Waals surface area contributed by atoms with Crippen molar-refractivity contribution in [3.63, 3.8) is 0 Å². The van der Waals surface area contributed by atoms with Crippen molar-refractivity contribution >= 4 is 16.7 Å². The van der Waals surface area contributed by atoms with Crippen LogP contribution in [-0.2, 0) is 15.6 Å². The zero-order chi connectivity index (χ0) is 10.4. The smallest absolute Gasteiger partial charge is 0.236 e. The van der Waals surface area contributed by atoms with Crippen molar-refractivity contribution in [3.05, 3.63) is 12.7 Å². The van der Waals surface area contributed by atoms with E-state index in [9.17, 15) is 9.00 Å². The summed E-state index contributed by atoms with van der Waals surface area (Å²) < 4.78 is 11.0. The molecule has 0 aromatic carbocycles. The van der Waals surface area contributed by atoms with Crippen molar-refractivity contribution in [3.8, 4) is 0 Å². The van der Waals surface area contributed by atoms with Gasteiger partial charge in [-0.15, -0.1) is 6.58 Å². The lowest BCUT2D eigenvalue weighted by molar-refractivity contribution is -0.129. The molecule has 80 valence electrons. The lowest BCUT2D eigenvalue weighted by atomic mass is 10.4. The van der Waals surface area contributed by atoms with Crippen LogP contribution in [0.25, 0.3) is 0 Å². The second kappa shape index (κ2) is 5.93. The van der Waals surface area contributed by atoms with E-state index < -0.39 is 10.8 Å². The minimum Gasteiger partial charge on any atom is -0.340 e. The van der Waals surface area contributed by atoms with Gasteiger partial charge in [-0.25, -0.2) is 0 Å². The van der Waals surface area contributed by atoms with Gasteiger partial charge in [-0.2, -0.15) is 0 Å². The molecule has 0 saturated carbocycles. The first-order valence-electron chi connectivity index (χ1n) is 4.68. The summed E-state index contributed by atoms with van der Waals surface area (Å²) in [5.74, 6) is 1.32. The van der Waals surface area contributed by atoms with Crippen molar-refractivity contribution in [1.82, 2.24) is 10.2 Å². The molecule has 1 rings (SSSR count). The molecule has 1 saturated heterocycles. The number of carbonyl (C=O) groups excluding carboxylic acids is 1. The predicted octanol–water partition coefficient (Wildman–Crippen LogP) is -0.647. The van der Waals surface area contributed by atoms with Crippen molar-refractivity contribution in [1.29, 1.82) is 0 Å². The number of amides is 1. The van der Waals surface area contributed by atoms with Crippen LogP contribution in [-0.4, -0.2) is 52.7 Å². The molecule has 0 unspecified atom stereocenters. The second-order valence-electron chi connectivity index (χ2n) is 3.15. The summed E-state index contributed by atoms with van der Waals surface area (Å²) >= 11 is 0. The molecule has 1 fully saturated rings. The first-order valence-corrected chi connectivity index (χ1v) is 6.17. The van der Waals surface area contributed by atoms with E-state index in [1.54, 1.807) is 11.0 Å². The van der Waals surface area contributed by atoms with Crippen LogP contribution in [0.15, 0.2) is 12.7 Å². The minimum atomic E-state index is -0.715. The van der Waals surface area contributed by atoms with Crippen LogP contribution in [0.4, 0.5) is 0 Å². The maximum Gasteiger partial charge on any atom is 0.236 e. The molecule has 0 aromatic heterocycles. The number of nitrogens with zero attached hydrogens (tertiary/aromatic N) is 1. The van der Waals surface area contributed by atoms with Crippen LogP contribution in [0.2, 0.25) is 0 Å². The van der Waals surface area contributed by atoms with Crippen molar-refractivity contribution in [2.45, 2.75) is 0 Å². The Labute approximate surface area is 86.8 Å². The zero-order valence-corrected chi connectivity index (χ0v) is 9.02. The Hall–Kier alpha value is -0.680. The van der Waals surface area contributed by atoms with E-state index in [4.69, 9.17) is 0 Å². The van der Waals surface area contributed by atoms with Gasteiger partial charge in [0.05, 0.1) is 6.54 Å². The summed E-state index contributed by atoms with van der Waals surface area (Å²) in [7, 11) is -0.715. The van der Waals surface area contributed by atoms with E-state index in [2.05, 4.69) is 11.9 Å².